The zero-order chi connectivity index (χ0) is 12.1. The molecule has 0 atom stereocenters. The van der Waals surface area contributed by atoms with Crippen molar-refractivity contribution in [3.05, 3.63) is 34.6 Å². The Morgan fingerprint density at radius 3 is 2.81 bits per heavy atom. The Bertz CT molecular complexity index is 451. The van der Waals surface area contributed by atoms with Crippen LogP contribution in [0.1, 0.15) is 28.4 Å². The molecule has 1 rings (SSSR count). The summed E-state index contributed by atoms with van der Waals surface area (Å²) in [6.07, 6.45) is 0. The van der Waals surface area contributed by atoms with E-state index in [2.05, 4.69) is 0 Å². The van der Waals surface area contributed by atoms with E-state index in [4.69, 9.17) is 15.1 Å². The van der Waals surface area contributed by atoms with Crippen molar-refractivity contribution in [2.24, 2.45) is 0 Å². The number of rotatable bonds is 3. The standard InChI is InChI=1S/C11H10FNO3/c1-2-16-11(15)9-3-7(5-13)10(12)4-8(9)6-14/h3-4,14H,2,6H2,1H3. The molecule has 0 aliphatic rings. The maximum absolute atomic E-state index is 13.2. The van der Waals surface area contributed by atoms with E-state index in [0.29, 0.717) is 0 Å². The maximum atomic E-state index is 13.2. The topological polar surface area (TPSA) is 70.3 Å². The summed E-state index contributed by atoms with van der Waals surface area (Å²) in [6.45, 7) is 1.31. The van der Waals surface area contributed by atoms with E-state index in [1.165, 1.54) is 0 Å². The lowest BCUT2D eigenvalue weighted by atomic mass is 10.0. The molecule has 0 aliphatic carbocycles. The van der Waals surface area contributed by atoms with Crippen LogP contribution < -0.4 is 0 Å². The fourth-order valence-electron chi connectivity index (χ4n) is 1.23. The number of halogens is 1. The second kappa shape index (κ2) is 5.24. The first kappa shape index (κ1) is 12.1. The lowest BCUT2D eigenvalue weighted by molar-refractivity contribution is 0.0522. The van der Waals surface area contributed by atoms with E-state index in [9.17, 15) is 9.18 Å². The first-order chi connectivity index (χ1) is 7.63. The third-order valence-electron chi connectivity index (χ3n) is 1.98. The number of aliphatic hydroxyl groups excluding tert-OH is 1. The number of esters is 1. The Hall–Kier alpha value is -1.93. The van der Waals surface area contributed by atoms with Crippen molar-refractivity contribution >= 4 is 5.97 Å². The molecule has 0 aliphatic heterocycles. The van der Waals surface area contributed by atoms with E-state index in [1.807, 2.05) is 0 Å². The van der Waals surface area contributed by atoms with Crippen LogP contribution in [0.3, 0.4) is 0 Å². The Labute approximate surface area is 91.9 Å². The van der Waals surface area contributed by atoms with E-state index >= 15 is 0 Å². The Kier molecular flexibility index (Phi) is 3.97. The monoisotopic (exact) mass is 223 g/mol. The smallest absolute Gasteiger partial charge is 0.338 e. The number of nitrogens with zero attached hydrogens (tertiary/aromatic N) is 1. The normalized spacial score (nSPS) is 9.62. The van der Waals surface area contributed by atoms with Gasteiger partial charge in [-0.05, 0) is 24.6 Å². The minimum Gasteiger partial charge on any atom is -0.462 e. The van der Waals surface area contributed by atoms with E-state index < -0.39 is 18.4 Å². The summed E-state index contributed by atoms with van der Waals surface area (Å²) >= 11 is 0. The van der Waals surface area contributed by atoms with Crippen molar-refractivity contribution in [3.8, 4) is 6.07 Å². The molecule has 1 N–H and O–H groups in total. The number of benzene rings is 1. The number of hydrogen-bond acceptors (Lipinski definition) is 4. The molecule has 1 aromatic rings. The van der Waals surface area contributed by atoms with Gasteiger partial charge < -0.3 is 9.84 Å². The van der Waals surface area contributed by atoms with Crippen LogP contribution in [0.25, 0.3) is 0 Å². The maximum Gasteiger partial charge on any atom is 0.338 e. The predicted octanol–water partition coefficient (Wildman–Crippen LogP) is 1.37. The van der Waals surface area contributed by atoms with Gasteiger partial charge in [0, 0.05) is 0 Å². The van der Waals surface area contributed by atoms with Gasteiger partial charge in [0.15, 0.2) is 0 Å². The molecule has 0 saturated carbocycles. The van der Waals surface area contributed by atoms with Crippen LogP contribution >= 0.6 is 0 Å². The van der Waals surface area contributed by atoms with Gasteiger partial charge >= 0.3 is 5.97 Å². The largest absolute Gasteiger partial charge is 0.462 e. The summed E-state index contributed by atoms with van der Waals surface area (Å²) in [4.78, 5) is 11.4. The highest BCUT2D eigenvalue weighted by atomic mass is 19.1. The molecule has 0 amide bonds. The number of carbonyl (C=O) groups excluding carboxylic acids is 1. The van der Waals surface area contributed by atoms with Crippen LogP contribution in [0.15, 0.2) is 12.1 Å². The third-order valence-corrected chi connectivity index (χ3v) is 1.98. The lowest BCUT2D eigenvalue weighted by Gasteiger charge is -2.07. The fraction of sp³-hybridized carbons (Fsp3) is 0.273. The van der Waals surface area contributed by atoms with Gasteiger partial charge in [-0.3, -0.25) is 0 Å². The number of ether oxygens (including phenoxy) is 1. The number of aliphatic hydroxyl groups is 1. The molecule has 0 spiro atoms. The van der Waals surface area contributed by atoms with Crippen molar-refractivity contribution in [3.63, 3.8) is 0 Å². The Balaban J connectivity index is 3.26. The molecular weight excluding hydrogens is 213 g/mol. The molecule has 0 fully saturated rings. The molecule has 5 heteroatoms. The number of carbonyl (C=O) groups is 1. The predicted molar refractivity (Wildman–Crippen MR) is 53.0 cm³/mol. The summed E-state index contributed by atoms with van der Waals surface area (Å²) < 4.78 is 17.9. The van der Waals surface area contributed by atoms with Gasteiger partial charge in [-0.1, -0.05) is 0 Å². The molecule has 0 radical (unpaired) electrons. The second-order valence-corrected chi connectivity index (χ2v) is 2.98. The van der Waals surface area contributed by atoms with Crippen LogP contribution in [0.4, 0.5) is 4.39 Å². The molecule has 84 valence electrons. The Morgan fingerprint density at radius 2 is 2.31 bits per heavy atom. The summed E-state index contributed by atoms with van der Waals surface area (Å²) in [5, 5.41) is 17.6. The van der Waals surface area contributed by atoms with Crippen LogP contribution in [0.2, 0.25) is 0 Å². The van der Waals surface area contributed by atoms with Crippen LogP contribution in [0.5, 0.6) is 0 Å². The molecular formula is C11H10FNO3. The molecule has 1 aromatic carbocycles. The van der Waals surface area contributed by atoms with Crippen molar-refractivity contribution < 1.29 is 19.0 Å². The SMILES string of the molecule is CCOC(=O)c1cc(C#N)c(F)cc1CO. The van der Waals surface area contributed by atoms with Gasteiger partial charge in [0.25, 0.3) is 0 Å². The summed E-state index contributed by atoms with van der Waals surface area (Å²) in [5.41, 5.74) is -0.127. The average Bonchev–Trinajstić information content (AvgIpc) is 2.28. The van der Waals surface area contributed by atoms with Gasteiger partial charge in [0.2, 0.25) is 0 Å². The minimum atomic E-state index is -0.764. The summed E-state index contributed by atoms with van der Waals surface area (Å²) in [5.74, 6) is -1.44. The number of nitriles is 1. The highest BCUT2D eigenvalue weighted by Gasteiger charge is 2.16. The van der Waals surface area contributed by atoms with E-state index in [1.54, 1.807) is 13.0 Å². The third kappa shape index (κ3) is 2.35. The van der Waals surface area contributed by atoms with Crippen molar-refractivity contribution in [2.75, 3.05) is 6.61 Å². The molecule has 0 bridgehead atoms. The highest BCUT2D eigenvalue weighted by Crippen LogP contribution is 2.17. The Morgan fingerprint density at radius 1 is 1.62 bits per heavy atom. The van der Waals surface area contributed by atoms with Crippen LogP contribution in [-0.2, 0) is 11.3 Å². The molecule has 0 unspecified atom stereocenters. The first-order valence-electron chi connectivity index (χ1n) is 4.64. The molecule has 0 aromatic heterocycles. The lowest BCUT2D eigenvalue weighted by Crippen LogP contribution is -2.09. The van der Waals surface area contributed by atoms with E-state index in [-0.39, 0.29) is 23.3 Å². The molecule has 0 heterocycles. The fourth-order valence-corrected chi connectivity index (χ4v) is 1.23. The number of hydrogen-bond donors (Lipinski definition) is 1. The van der Waals surface area contributed by atoms with Gasteiger partial charge in [-0.15, -0.1) is 0 Å². The molecule has 0 saturated heterocycles. The second-order valence-electron chi connectivity index (χ2n) is 2.98. The van der Waals surface area contributed by atoms with Gasteiger partial charge in [0.05, 0.1) is 24.3 Å². The quantitative estimate of drug-likeness (QED) is 0.785. The van der Waals surface area contributed by atoms with Crippen LogP contribution in [0, 0.1) is 17.1 Å². The van der Waals surface area contributed by atoms with Crippen molar-refractivity contribution in [1.29, 1.82) is 5.26 Å². The van der Waals surface area contributed by atoms with Gasteiger partial charge in [-0.25, -0.2) is 9.18 Å². The summed E-state index contributed by atoms with van der Waals surface area (Å²) in [6, 6.07) is 3.66. The zero-order valence-electron chi connectivity index (χ0n) is 8.66. The minimum absolute atomic E-state index is 0.0160. The first-order valence-corrected chi connectivity index (χ1v) is 4.64. The molecule has 4 nitrogen and oxygen atoms in total. The molecule has 16 heavy (non-hydrogen) atoms. The van der Waals surface area contributed by atoms with Crippen molar-refractivity contribution in [2.45, 2.75) is 13.5 Å². The summed E-state index contributed by atoms with van der Waals surface area (Å²) in [7, 11) is 0. The average molecular weight is 223 g/mol. The van der Waals surface area contributed by atoms with Crippen LogP contribution in [-0.4, -0.2) is 17.7 Å². The van der Waals surface area contributed by atoms with E-state index in [0.717, 1.165) is 12.1 Å². The van der Waals surface area contributed by atoms with Crippen molar-refractivity contribution in [1.82, 2.24) is 0 Å². The van der Waals surface area contributed by atoms with Gasteiger partial charge in [-0.2, -0.15) is 5.26 Å². The zero-order valence-corrected chi connectivity index (χ0v) is 8.66. The van der Waals surface area contributed by atoms with Gasteiger partial charge in [0.1, 0.15) is 11.9 Å². The highest BCUT2D eigenvalue weighted by molar-refractivity contribution is 5.91.